The van der Waals surface area contributed by atoms with E-state index in [1.54, 1.807) is 30.9 Å². The van der Waals surface area contributed by atoms with Crippen molar-refractivity contribution in [1.29, 1.82) is 0 Å². The molecule has 0 N–H and O–H groups in total. The standard InChI is InChI=1S/C20H26F3N3O2/c1-4-28-12-14-6-5-9-25(11-14)18(27)15-7-8-17-16(10-15)24-19(20(21,22)23)26(17)13(2)3/h7-8,10,13-14H,4-6,9,11-12H2,1-3H3. The van der Waals surface area contributed by atoms with E-state index in [-0.39, 0.29) is 11.4 Å². The molecule has 0 bridgehead atoms. The molecule has 1 atom stereocenters. The van der Waals surface area contributed by atoms with Gasteiger partial charge in [-0.15, -0.1) is 0 Å². The fraction of sp³-hybridized carbons (Fsp3) is 0.600. The second-order valence-electron chi connectivity index (χ2n) is 7.52. The molecule has 0 spiro atoms. The summed E-state index contributed by atoms with van der Waals surface area (Å²) in [5, 5.41) is 0. The van der Waals surface area contributed by atoms with Crippen LogP contribution >= 0.6 is 0 Å². The van der Waals surface area contributed by atoms with Crippen LogP contribution in [0.1, 0.15) is 55.8 Å². The lowest BCUT2D eigenvalue weighted by Gasteiger charge is -2.32. The van der Waals surface area contributed by atoms with E-state index in [1.807, 2.05) is 6.92 Å². The minimum atomic E-state index is -4.55. The van der Waals surface area contributed by atoms with Gasteiger partial charge >= 0.3 is 6.18 Å². The van der Waals surface area contributed by atoms with E-state index in [0.29, 0.717) is 43.3 Å². The van der Waals surface area contributed by atoms with Crippen LogP contribution in [-0.4, -0.2) is 46.7 Å². The first-order chi connectivity index (χ1) is 13.2. The Morgan fingerprint density at radius 1 is 1.36 bits per heavy atom. The van der Waals surface area contributed by atoms with Crippen molar-refractivity contribution in [3.05, 3.63) is 29.6 Å². The molecular formula is C20H26F3N3O2. The highest BCUT2D eigenvalue weighted by Crippen LogP contribution is 2.34. The molecule has 1 aliphatic heterocycles. The largest absolute Gasteiger partial charge is 0.449 e. The Morgan fingerprint density at radius 2 is 2.11 bits per heavy atom. The van der Waals surface area contributed by atoms with Crippen molar-refractivity contribution in [3.63, 3.8) is 0 Å². The van der Waals surface area contributed by atoms with Gasteiger partial charge in [0.15, 0.2) is 0 Å². The lowest BCUT2D eigenvalue weighted by Crippen LogP contribution is -2.41. The Morgan fingerprint density at radius 3 is 2.75 bits per heavy atom. The number of benzene rings is 1. The van der Waals surface area contributed by atoms with Crippen molar-refractivity contribution in [2.75, 3.05) is 26.3 Å². The summed E-state index contributed by atoms with van der Waals surface area (Å²) in [5.41, 5.74) is 0.938. The maximum Gasteiger partial charge on any atom is 0.449 e. The summed E-state index contributed by atoms with van der Waals surface area (Å²) < 4.78 is 46.8. The van der Waals surface area contributed by atoms with Crippen LogP contribution in [0.3, 0.4) is 0 Å². The number of alkyl halides is 3. The van der Waals surface area contributed by atoms with E-state index in [0.717, 1.165) is 12.8 Å². The Kier molecular flexibility index (Phi) is 5.98. The molecule has 2 aromatic rings. The van der Waals surface area contributed by atoms with Gasteiger partial charge in [0.05, 0.1) is 17.6 Å². The number of fused-ring (bicyclic) bond motifs is 1. The SMILES string of the molecule is CCOCC1CCCN(C(=O)c2ccc3c(c2)nc(C(F)(F)F)n3C(C)C)C1. The molecule has 1 saturated heterocycles. The van der Waals surface area contributed by atoms with Crippen LogP contribution in [-0.2, 0) is 10.9 Å². The van der Waals surface area contributed by atoms with E-state index < -0.39 is 18.0 Å². The predicted octanol–water partition coefficient (Wildman–Crippen LogP) is 4.52. The third kappa shape index (κ3) is 4.16. The summed E-state index contributed by atoms with van der Waals surface area (Å²) >= 11 is 0. The topological polar surface area (TPSA) is 47.4 Å². The monoisotopic (exact) mass is 397 g/mol. The molecular weight excluding hydrogens is 371 g/mol. The van der Waals surface area contributed by atoms with Crippen molar-refractivity contribution < 1.29 is 22.7 Å². The second kappa shape index (κ2) is 8.11. The van der Waals surface area contributed by atoms with Gasteiger partial charge in [0.2, 0.25) is 5.82 Å². The average molecular weight is 397 g/mol. The smallest absolute Gasteiger partial charge is 0.381 e. The van der Waals surface area contributed by atoms with Gasteiger partial charge in [-0.05, 0) is 57.7 Å². The fourth-order valence-corrected chi connectivity index (χ4v) is 3.81. The molecule has 28 heavy (non-hydrogen) atoms. The molecule has 1 unspecified atom stereocenters. The number of hydrogen-bond donors (Lipinski definition) is 0. The highest BCUT2D eigenvalue weighted by molar-refractivity contribution is 5.97. The number of rotatable bonds is 5. The molecule has 2 heterocycles. The number of carbonyl (C=O) groups excluding carboxylic acids is 1. The normalized spacial score (nSPS) is 18.2. The molecule has 0 radical (unpaired) electrons. The lowest BCUT2D eigenvalue weighted by atomic mass is 9.98. The van der Waals surface area contributed by atoms with Crippen molar-refractivity contribution in [3.8, 4) is 0 Å². The third-order valence-electron chi connectivity index (χ3n) is 5.07. The number of amides is 1. The number of imidazole rings is 1. The molecule has 8 heteroatoms. The van der Waals surface area contributed by atoms with Crippen molar-refractivity contribution in [1.82, 2.24) is 14.5 Å². The zero-order valence-electron chi connectivity index (χ0n) is 16.4. The van der Waals surface area contributed by atoms with Gasteiger partial charge < -0.3 is 14.2 Å². The number of piperidine rings is 1. The van der Waals surface area contributed by atoms with Crippen LogP contribution in [0.2, 0.25) is 0 Å². The van der Waals surface area contributed by atoms with Crippen molar-refractivity contribution in [2.45, 2.75) is 45.8 Å². The van der Waals surface area contributed by atoms with Gasteiger partial charge in [-0.3, -0.25) is 4.79 Å². The Hall–Kier alpha value is -2.09. The molecule has 0 saturated carbocycles. The Balaban J connectivity index is 1.88. The lowest BCUT2D eigenvalue weighted by molar-refractivity contribution is -0.147. The molecule has 1 aromatic heterocycles. The number of hydrogen-bond acceptors (Lipinski definition) is 3. The van der Waals surface area contributed by atoms with Gasteiger partial charge in [-0.2, -0.15) is 13.2 Å². The van der Waals surface area contributed by atoms with Crippen LogP contribution < -0.4 is 0 Å². The van der Waals surface area contributed by atoms with Crippen molar-refractivity contribution in [2.24, 2.45) is 5.92 Å². The van der Waals surface area contributed by atoms with Gasteiger partial charge in [0.1, 0.15) is 0 Å². The zero-order chi connectivity index (χ0) is 20.5. The summed E-state index contributed by atoms with van der Waals surface area (Å²) in [7, 11) is 0. The van der Waals surface area contributed by atoms with Crippen LogP contribution in [0.15, 0.2) is 18.2 Å². The average Bonchev–Trinajstić information content (AvgIpc) is 3.05. The van der Waals surface area contributed by atoms with E-state index >= 15 is 0 Å². The molecule has 3 rings (SSSR count). The van der Waals surface area contributed by atoms with Crippen molar-refractivity contribution >= 4 is 16.9 Å². The minimum absolute atomic E-state index is 0.171. The number of carbonyl (C=O) groups is 1. The van der Waals surface area contributed by atoms with Crippen LogP contribution in [0, 0.1) is 5.92 Å². The van der Waals surface area contributed by atoms with Gasteiger partial charge in [0.25, 0.3) is 5.91 Å². The van der Waals surface area contributed by atoms with E-state index in [2.05, 4.69) is 4.98 Å². The highest BCUT2D eigenvalue weighted by Gasteiger charge is 2.38. The Bertz CT molecular complexity index is 845. The van der Waals surface area contributed by atoms with E-state index in [9.17, 15) is 18.0 Å². The van der Waals surface area contributed by atoms with Crippen LogP contribution in [0.4, 0.5) is 13.2 Å². The van der Waals surface area contributed by atoms with Crippen LogP contribution in [0.5, 0.6) is 0 Å². The first kappa shape index (κ1) is 20.6. The number of halogens is 3. The number of ether oxygens (including phenoxy) is 1. The number of aromatic nitrogens is 2. The Labute approximate surface area is 162 Å². The summed E-state index contributed by atoms with van der Waals surface area (Å²) in [6, 6.07) is 4.23. The first-order valence-electron chi connectivity index (χ1n) is 9.68. The molecule has 1 aromatic carbocycles. The van der Waals surface area contributed by atoms with Gasteiger partial charge in [-0.25, -0.2) is 4.98 Å². The minimum Gasteiger partial charge on any atom is -0.381 e. The quantitative estimate of drug-likeness (QED) is 0.745. The highest BCUT2D eigenvalue weighted by atomic mass is 19.4. The zero-order valence-corrected chi connectivity index (χ0v) is 16.4. The molecule has 154 valence electrons. The predicted molar refractivity (Wildman–Crippen MR) is 100 cm³/mol. The molecule has 0 aliphatic carbocycles. The molecule has 1 aliphatic rings. The van der Waals surface area contributed by atoms with E-state index in [1.165, 1.54) is 10.6 Å². The summed E-state index contributed by atoms with van der Waals surface area (Å²) in [6.45, 7) is 7.81. The van der Waals surface area contributed by atoms with Crippen LogP contribution in [0.25, 0.3) is 11.0 Å². The van der Waals surface area contributed by atoms with Gasteiger partial charge in [-0.1, -0.05) is 0 Å². The summed E-state index contributed by atoms with van der Waals surface area (Å²) in [5.74, 6) is -0.814. The van der Waals surface area contributed by atoms with Gasteiger partial charge in [0, 0.05) is 31.3 Å². The van der Waals surface area contributed by atoms with E-state index in [4.69, 9.17) is 4.74 Å². The maximum absolute atomic E-state index is 13.4. The molecule has 1 fully saturated rings. The molecule has 1 amide bonds. The summed E-state index contributed by atoms with van der Waals surface area (Å²) in [6.07, 6.45) is -2.64. The molecule has 5 nitrogen and oxygen atoms in total. The number of nitrogens with zero attached hydrogens (tertiary/aromatic N) is 3. The summed E-state index contributed by atoms with van der Waals surface area (Å²) in [4.78, 5) is 18.5. The first-order valence-corrected chi connectivity index (χ1v) is 9.68. The fourth-order valence-electron chi connectivity index (χ4n) is 3.81. The number of likely N-dealkylation sites (tertiary alicyclic amines) is 1. The third-order valence-corrected chi connectivity index (χ3v) is 5.07. The maximum atomic E-state index is 13.4. The second-order valence-corrected chi connectivity index (χ2v) is 7.52.